The van der Waals surface area contributed by atoms with Crippen LogP contribution in [0.15, 0.2) is 24.3 Å². The topological polar surface area (TPSA) is 92.3 Å². The summed E-state index contributed by atoms with van der Waals surface area (Å²) in [7, 11) is -3.10. The van der Waals surface area contributed by atoms with Crippen molar-refractivity contribution >= 4 is 32.6 Å². The van der Waals surface area contributed by atoms with E-state index in [9.17, 15) is 26.4 Å². The number of fused-ring (bicyclic) bond motifs is 1. The van der Waals surface area contributed by atoms with Crippen LogP contribution in [-0.2, 0) is 20.8 Å². The molecule has 2 aromatic rings. The summed E-state index contributed by atoms with van der Waals surface area (Å²) >= 11 is 0. The van der Waals surface area contributed by atoms with E-state index in [-0.39, 0.29) is 53.8 Å². The smallest absolute Gasteiger partial charge is 0.355 e. The molecule has 1 N–H and O–H groups in total. The van der Waals surface area contributed by atoms with E-state index in [1.165, 1.54) is 11.0 Å². The summed E-state index contributed by atoms with van der Waals surface area (Å²) in [6.45, 7) is 0.467. The fourth-order valence-corrected chi connectivity index (χ4v) is 5.66. The average Bonchev–Trinajstić information content (AvgIpc) is 3.04. The largest absolute Gasteiger partial charge is 0.437 e. The Hall–Kier alpha value is -2.43. The Morgan fingerprint density at radius 1 is 1.07 bits per heavy atom. The van der Waals surface area contributed by atoms with Gasteiger partial charge in [0.05, 0.1) is 22.5 Å². The van der Waals surface area contributed by atoms with Crippen molar-refractivity contribution in [2.45, 2.75) is 31.5 Å². The molecule has 1 unspecified atom stereocenters. The summed E-state index contributed by atoms with van der Waals surface area (Å²) in [4.78, 5) is 22.0. The van der Waals surface area contributed by atoms with Crippen LogP contribution in [0.4, 0.5) is 19.0 Å². The van der Waals surface area contributed by atoms with E-state index in [1.54, 1.807) is 18.2 Å². The molecule has 162 valence electrons. The predicted molar refractivity (Wildman–Crippen MR) is 105 cm³/mol. The van der Waals surface area contributed by atoms with Gasteiger partial charge in [-0.15, -0.1) is 0 Å². The summed E-state index contributed by atoms with van der Waals surface area (Å²) < 4.78 is 63.8. The van der Waals surface area contributed by atoms with Crippen molar-refractivity contribution in [2.24, 2.45) is 5.92 Å². The van der Waals surface area contributed by atoms with E-state index in [0.717, 1.165) is 0 Å². The summed E-state index contributed by atoms with van der Waals surface area (Å²) in [6.07, 6.45) is -3.53. The average molecular weight is 442 g/mol. The third-order valence-electron chi connectivity index (χ3n) is 5.56. The van der Waals surface area contributed by atoms with Crippen LogP contribution in [-0.4, -0.2) is 54.9 Å². The maximum absolute atomic E-state index is 13.6. The number of benzene rings is 1. The minimum atomic E-state index is -4.64. The van der Waals surface area contributed by atoms with Gasteiger partial charge in [-0.3, -0.25) is 4.79 Å². The van der Waals surface area contributed by atoms with E-state index in [2.05, 4.69) is 15.3 Å². The first-order chi connectivity index (χ1) is 14.1. The second kappa shape index (κ2) is 7.68. The first-order valence-electron chi connectivity index (χ1n) is 9.72. The highest BCUT2D eigenvalue weighted by molar-refractivity contribution is 7.91. The molecule has 0 aliphatic carbocycles. The van der Waals surface area contributed by atoms with Gasteiger partial charge in [0.15, 0.2) is 21.3 Å². The lowest BCUT2D eigenvalue weighted by Crippen LogP contribution is -2.44. The van der Waals surface area contributed by atoms with Gasteiger partial charge in [0.1, 0.15) is 0 Å². The highest BCUT2D eigenvalue weighted by Crippen LogP contribution is 2.36. The SMILES string of the molecule is O=C(NC1CCS(=O)(=O)C1)C1CCN(c2nc3ccccc3nc2C(F)(F)F)CC1. The Balaban J connectivity index is 1.47. The molecule has 3 heterocycles. The summed E-state index contributed by atoms with van der Waals surface area (Å²) in [5.74, 6) is -0.817. The lowest BCUT2D eigenvalue weighted by atomic mass is 9.95. The normalized spacial score (nSPS) is 22.4. The number of carbonyl (C=O) groups excluding carboxylic acids is 1. The number of alkyl halides is 3. The van der Waals surface area contributed by atoms with E-state index in [4.69, 9.17) is 0 Å². The Morgan fingerprint density at radius 2 is 1.70 bits per heavy atom. The zero-order valence-corrected chi connectivity index (χ0v) is 16.8. The number of para-hydroxylation sites is 2. The van der Waals surface area contributed by atoms with Crippen molar-refractivity contribution in [2.75, 3.05) is 29.5 Å². The third kappa shape index (κ3) is 4.35. The molecule has 30 heavy (non-hydrogen) atoms. The Morgan fingerprint density at radius 3 is 2.27 bits per heavy atom. The fourth-order valence-electron chi connectivity index (χ4n) is 3.98. The Labute approximate surface area is 171 Å². The first kappa shape index (κ1) is 20.8. The van der Waals surface area contributed by atoms with Crippen molar-refractivity contribution in [1.29, 1.82) is 0 Å². The van der Waals surface area contributed by atoms with Gasteiger partial charge in [-0.05, 0) is 31.4 Å². The van der Waals surface area contributed by atoms with Crippen LogP contribution in [0, 0.1) is 5.92 Å². The Bertz CT molecular complexity index is 1070. The maximum atomic E-state index is 13.6. The highest BCUT2D eigenvalue weighted by Gasteiger charge is 2.40. The standard InChI is InChI=1S/C19H21F3N4O3S/c20-19(21,22)16-17(25-15-4-2-1-3-14(15)24-16)26-8-5-12(6-9-26)18(27)23-13-7-10-30(28,29)11-13/h1-4,12-13H,5-11H2,(H,23,27). The molecule has 11 heteroatoms. The monoisotopic (exact) mass is 442 g/mol. The first-order valence-corrected chi connectivity index (χ1v) is 11.5. The molecule has 2 aliphatic rings. The molecule has 7 nitrogen and oxygen atoms in total. The number of carbonyl (C=O) groups is 1. The van der Waals surface area contributed by atoms with E-state index in [0.29, 0.717) is 24.8 Å². The zero-order valence-electron chi connectivity index (χ0n) is 16.0. The summed E-state index contributed by atoms with van der Waals surface area (Å²) in [6, 6.07) is 6.01. The van der Waals surface area contributed by atoms with Gasteiger partial charge in [0, 0.05) is 25.0 Å². The number of nitrogens with one attached hydrogen (secondary N) is 1. The molecule has 0 bridgehead atoms. The number of amides is 1. The molecule has 1 aromatic heterocycles. The number of sulfone groups is 1. The number of hydrogen-bond donors (Lipinski definition) is 1. The van der Waals surface area contributed by atoms with E-state index in [1.807, 2.05) is 0 Å². The third-order valence-corrected chi connectivity index (χ3v) is 7.33. The van der Waals surface area contributed by atoms with Crippen LogP contribution >= 0.6 is 0 Å². The van der Waals surface area contributed by atoms with Gasteiger partial charge in [-0.1, -0.05) is 12.1 Å². The number of rotatable bonds is 3. The van der Waals surface area contributed by atoms with Crippen molar-refractivity contribution in [3.05, 3.63) is 30.0 Å². The molecule has 0 saturated carbocycles. The molecule has 1 amide bonds. The molecule has 2 fully saturated rings. The number of halogens is 3. The number of piperidine rings is 1. The zero-order chi connectivity index (χ0) is 21.5. The van der Waals surface area contributed by atoms with Crippen LogP contribution < -0.4 is 10.2 Å². The van der Waals surface area contributed by atoms with E-state index >= 15 is 0 Å². The number of nitrogens with zero attached hydrogens (tertiary/aromatic N) is 3. The lowest BCUT2D eigenvalue weighted by Gasteiger charge is -2.33. The minimum Gasteiger partial charge on any atom is -0.355 e. The summed E-state index contributed by atoms with van der Waals surface area (Å²) in [5.41, 5.74) is -0.475. The van der Waals surface area contributed by atoms with Crippen LogP contribution in [0.3, 0.4) is 0 Å². The predicted octanol–water partition coefficient (Wildman–Crippen LogP) is 2.17. The van der Waals surface area contributed by atoms with Gasteiger partial charge in [-0.25, -0.2) is 18.4 Å². The number of hydrogen-bond acceptors (Lipinski definition) is 6. The highest BCUT2D eigenvalue weighted by atomic mass is 32.2. The molecule has 1 aromatic carbocycles. The fraction of sp³-hybridized carbons (Fsp3) is 0.526. The molecular formula is C19H21F3N4O3S. The molecular weight excluding hydrogens is 421 g/mol. The van der Waals surface area contributed by atoms with Crippen LogP contribution in [0.5, 0.6) is 0 Å². The minimum absolute atomic E-state index is 0.0563. The molecule has 2 saturated heterocycles. The Kier molecular flexibility index (Phi) is 5.33. The summed E-state index contributed by atoms with van der Waals surface area (Å²) in [5, 5.41) is 2.77. The van der Waals surface area contributed by atoms with Crippen molar-refractivity contribution in [3.8, 4) is 0 Å². The number of anilines is 1. The van der Waals surface area contributed by atoms with Gasteiger partial charge in [0.2, 0.25) is 5.91 Å². The van der Waals surface area contributed by atoms with Crippen LogP contribution in [0.2, 0.25) is 0 Å². The lowest BCUT2D eigenvalue weighted by molar-refractivity contribution is -0.140. The van der Waals surface area contributed by atoms with Gasteiger partial charge in [-0.2, -0.15) is 13.2 Å². The second-order valence-corrected chi connectivity index (χ2v) is 9.98. The number of aromatic nitrogens is 2. The van der Waals surface area contributed by atoms with Gasteiger partial charge in [0.25, 0.3) is 0 Å². The molecule has 2 aliphatic heterocycles. The quantitative estimate of drug-likeness (QED) is 0.783. The molecule has 1 atom stereocenters. The van der Waals surface area contributed by atoms with Crippen molar-refractivity contribution in [1.82, 2.24) is 15.3 Å². The van der Waals surface area contributed by atoms with Gasteiger partial charge < -0.3 is 10.2 Å². The second-order valence-electron chi connectivity index (χ2n) is 7.75. The van der Waals surface area contributed by atoms with E-state index < -0.39 is 21.7 Å². The molecule has 4 rings (SSSR count). The maximum Gasteiger partial charge on any atom is 0.437 e. The van der Waals surface area contributed by atoms with Crippen molar-refractivity contribution in [3.63, 3.8) is 0 Å². The van der Waals surface area contributed by atoms with Gasteiger partial charge >= 0.3 is 6.18 Å². The molecule has 0 spiro atoms. The van der Waals surface area contributed by atoms with Crippen molar-refractivity contribution < 1.29 is 26.4 Å². The molecule has 0 radical (unpaired) electrons. The van der Waals surface area contributed by atoms with Crippen LogP contribution in [0.25, 0.3) is 11.0 Å². The van der Waals surface area contributed by atoms with Crippen LogP contribution in [0.1, 0.15) is 25.0 Å².